The summed E-state index contributed by atoms with van der Waals surface area (Å²) in [5.41, 5.74) is -4.29. The monoisotopic (exact) mass is 361 g/mol. The summed E-state index contributed by atoms with van der Waals surface area (Å²) in [7, 11) is 1.14. The van der Waals surface area contributed by atoms with Crippen molar-refractivity contribution in [1.29, 1.82) is 0 Å². The van der Waals surface area contributed by atoms with E-state index in [2.05, 4.69) is 12.6 Å². The van der Waals surface area contributed by atoms with Gasteiger partial charge >= 0.3 is 12.4 Å². The maximum absolute atomic E-state index is 13.0. The minimum absolute atomic E-state index is 0.139. The Bertz CT molecular complexity index is 571. The van der Waals surface area contributed by atoms with Gasteiger partial charge in [0.25, 0.3) is 5.91 Å². The molecule has 1 aromatic carbocycles. The zero-order valence-corrected chi connectivity index (χ0v) is 12.9. The van der Waals surface area contributed by atoms with Crippen LogP contribution in [-0.2, 0) is 0 Å². The first kappa shape index (κ1) is 19.5. The molecule has 1 rings (SSSR count). The minimum atomic E-state index is -5.78. The third kappa shape index (κ3) is 3.67. The van der Waals surface area contributed by atoms with Crippen LogP contribution in [0.15, 0.2) is 18.2 Å². The van der Waals surface area contributed by atoms with E-state index >= 15 is 0 Å². The predicted molar refractivity (Wildman–Crippen MR) is 73.9 cm³/mol. The van der Waals surface area contributed by atoms with Crippen molar-refractivity contribution in [2.45, 2.75) is 24.8 Å². The van der Waals surface area contributed by atoms with Crippen molar-refractivity contribution in [2.24, 2.45) is 0 Å². The molecule has 23 heavy (non-hydrogen) atoms. The number of alkyl halides is 6. The smallest absolute Gasteiger partial charge is 0.421 e. The van der Waals surface area contributed by atoms with Crippen LogP contribution in [0.1, 0.15) is 15.9 Å². The first-order valence-electron chi connectivity index (χ1n) is 6.11. The maximum Gasteiger partial charge on any atom is 0.421 e. The maximum atomic E-state index is 13.0. The van der Waals surface area contributed by atoms with Crippen LogP contribution in [0.2, 0.25) is 0 Å². The molecule has 0 fully saturated rings. The number of ether oxygens (including phenoxy) is 1. The molecule has 0 heterocycles. The number of aryl methyl sites for hydroxylation is 1. The highest BCUT2D eigenvalue weighted by atomic mass is 32.1. The average Bonchev–Trinajstić information content (AvgIpc) is 2.41. The molecular weight excluding hydrogens is 348 g/mol. The van der Waals surface area contributed by atoms with Crippen LogP contribution in [0.3, 0.4) is 0 Å². The number of amides is 1. The van der Waals surface area contributed by atoms with E-state index in [1.165, 1.54) is 12.1 Å². The average molecular weight is 361 g/mol. The molecule has 0 saturated heterocycles. The first-order valence-corrected chi connectivity index (χ1v) is 6.74. The standard InChI is InChI=1S/C13H13F6NO2S/c1-7-3-4-8(9(5-7)22-2)10(21)20-11(6-23,12(14,15)16)13(17,18)19/h3-5,23H,6H2,1-2H3,(H,20,21). The molecule has 0 aliphatic carbocycles. The number of halogens is 6. The molecule has 0 radical (unpaired) electrons. The number of thiol groups is 1. The molecule has 10 heteroatoms. The lowest BCUT2D eigenvalue weighted by atomic mass is 9.99. The molecule has 130 valence electrons. The highest BCUT2D eigenvalue weighted by Crippen LogP contribution is 2.44. The number of methoxy groups -OCH3 is 1. The van der Waals surface area contributed by atoms with Crippen molar-refractivity contribution < 1.29 is 35.9 Å². The first-order chi connectivity index (χ1) is 10.4. The zero-order chi connectivity index (χ0) is 18.1. The number of carbonyl (C=O) groups is 1. The van der Waals surface area contributed by atoms with Gasteiger partial charge in [0, 0.05) is 5.75 Å². The number of nitrogens with one attached hydrogen (secondary N) is 1. The topological polar surface area (TPSA) is 38.3 Å². The van der Waals surface area contributed by atoms with Crippen LogP contribution in [0.25, 0.3) is 0 Å². The summed E-state index contributed by atoms with van der Waals surface area (Å²) < 4.78 is 82.7. The molecule has 0 unspecified atom stereocenters. The fourth-order valence-electron chi connectivity index (χ4n) is 1.77. The van der Waals surface area contributed by atoms with Crippen molar-refractivity contribution >= 4 is 18.5 Å². The molecule has 0 aliphatic rings. The van der Waals surface area contributed by atoms with E-state index in [-0.39, 0.29) is 5.75 Å². The lowest BCUT2D eigenvalue weighted by Crippen LogP contribution is -2.69. The van der Waals surface area contributed by atoms with Crippen LogP contribution < -0.4 is 10.1 Å². The summed E-state index contributed by atoms with van der Waals surface area (Å²) in [6.45, 7) is 1.62. The highest BCUT2D eigenvalue weighted by Gasteiger charge is 2.71. The minimum Gasteiger partial charge on any atom is -0.496 e. The quantitative estimate of drug-likeness (QED) is 0.636. The second kappa shape index (κ2) is 6.50. The van der Waals surface area contributed by atoms with E-state index in [4.69, 9.17) is 4.74 Å². The Morgan fingerprint density at radius 1 is 1.17 bits per heavy atom. The van der Waals surface area contributed by atoms with Gasteiger partial charge in [-0.2, -0.15) is 39.0 Å². The number of carbonyl (C=O) groups excluding carboxylic acids is 1. The summed E-state index contributed by atoms with van der Waals surface area (Å²) in [6, 6.07) is 3.76. The van der Waals surface area contributed by atoms with E-state index in [1.54, 1.807) is 6.92 Å². The molecule has 1 N–H and O–H groups in total. The summed E-state index contributed by atoms with van der Waals surface area (Å²) in [6.07, 6.45) is -11.6. The van der Waals surface area contributed by atoms with E-state index in [0.717, 1.165) is 18.5 Å². The second-order valence-electron chi connectivity index (χ2n) is 4.72. The van der Waals surface area contributed by atoms with Crippen molar-refractivity contribution in [3.8, 4) is 5.75 Å². The van der Waals surface area contributed by atoms with Gasteiger partial charge in [0.2, 0.25) is 5.54 Å². The van der Waals surface area contributed by atoms with Crippen molar-refractivity contribution in [3.05, 3.63) is 29.3 Å². The molecule has 0 bridgehead atoms. The van der Waals surface area contributed by atoms with Gasteiger partial charge in [0.05, 0.1) is 12.7 Å². The fraction of sp³-hybridized carbons (Fsp3) is 0.462. The summed E-state index contributed by atoms with van der Waals surface area (Å²) in [5.74, 6) is -3.40. The Morgan fingerprint density at radius 2 is 1.70 bits per heavy atom. The molecule has 0 saturated carbocycles. The van der Waals surface area contributed by atoms with Gasteiger partial charge in [-0.1, -0.05) is 6.07 Å². The van der Waals surface area contributed by atoms with Crippen molar-refractivity contribution in [1.82, 2.24) is 5.32 Å². The Hall–Kier alpha value is -1.58. The van der Waals surface area contributed by atoms with Gasteiger partial charge in [-0.25, -0.2) is 0 Å². The lowest BCUT2D eigenvalue weighted by Gasteiger charge is -2.36. The van der Waals surface area contributed by atoms with Crippen molar-refractivity contribution in [3.63, 3.8) is 0 Å². The third-order valence-electron chi connectivity index (χ3n) is 3.13. The largest absolute Gasteiger partial charge is 0.496 e. The van der Waals surface area contributed by atoms with Gasteiger partial charge in [-0.15, -0.1) is 0 Å². The molecular formula is C13H13F6NO2S. The number of hydrogen-bond donors (Lipinski definition) is 2. The number of hydrogen-bond acceptors (Lipinski definition) is 3. The van der Waals surface area contributed by atoms with Gasteiger partial charge in [0.1, 0.15) is 5.75 Å². The van der Waals surface area contributed by atoms with E-state index in [9.17, 15) is 31.1 Å². The summed E-state index contributed by atoms with van der Waals surface area (Å²) in [4.78, 5) is 12.0. The Labute approximate surface area is 133 Å². The Balaban J connectivity index is 3.33. The normalized spacial score (nSPS) is 12.9. The number of rotatable bonds is 4. The van der Waals surface area contributed by atoms with Gasteiger partial charge in [0.15, 0.2) is 0 Å². The van der Waals surface area contributed by atoms with E-state index in [1.807, 2.05) is 0 Å². The molecule has 0 aliphatic heterocycles. The Kier molecular flexibility index (Phi) is 5.50. The van der Waals surface area contributed by atoms with Gasteiger partial charge in [-0.3, -0.25) is 4.79 Å². The lowest BCUT2D eigenvalue weighted by molar-refractivity contribution is -0.295. The van der Waals surface area contributed by atoms with Crippen LogP contribution >= 0.6 is 12.6 Å². The molecule has 0 spiro atoms. The van der Waals surface area contributed by atoms with Crippen LogP contribution in [0.5, 0.6) is 5.75 Å². The fourth-order valence-corrected chi connectivity index (χ4v) is 2.21. The van der Waals surface area contributed by atoms with Crippen LogP contribution in [0.4, 0.5) is 26.3 Å². The van der Waals surface area contributed by atoms with E-state index < -0.39 is 35.1 Å². The molecule has 3 nitrogen and oxygen atoms in total. The highest BCUT2D eigenvalue weighted by molar-refractivity contribution is 7.80. The molecule has 1 aromatic rings. The SMILES string of the molecule is COc1cc(C)ccc1C(=O)NC(CS)(C(F)(F)F)C(F)(F)F. The van der Waals surface area contributed by atoms with Crippen molar-refractivity contribution in [2.75, 3.05) is 12.9 Å². The van der Waals surface area contributed by atoms with Gasteiger partial charge < -0.3 is 10.1 Å². The van der Waals surface area contributed by atoms with Crippen LogP contribution in [-0.4, -0.2) is 36.7 Å². The molecule has 0 aromatic heterocycles. The van der Waals surface area contributed by atoms with Gasteiger partial charge in [-0.05, 0) is 24.6 Å². The predicted octanol–water partition coefficient (Wildman–Crippen LogP) is 3.53. The Morgan fingerprint density at radius 3 is 2.09 bits per heavy atom. The summed E-state index contributed by atoms with van der Waals surface area (Å²) in [5, 5.41) is 1.03. The zero-order valence-electron chi connectivity index (χ0n) is 12.0. The van der Waals surface area contributed by atoms with E-state index in [0.29, 0.717) is 5.56 Å². The molecule has 0 atom stereocenters. The summed E-state index contributed by atoms with van der Waals surface area (Å²) >= 11 is 3.15. The molecule has 1 amide bonds. The van der Waals surface area contributed by atoms with Crippen LogP contribution in [0, 0.1) is 6.92 Å². The number of benzene rings is 1. The third-order valence-corrected chi connectivity index (χ3v) is 3.61. The second-order valence-corrected chi connectivity index (χ2v) is 5.03.